The maximum atomic E-state index is 5.31. The standard InChI is InChI=1S/C10H19N2O2/c1-12(5-10-7-14-10)3-2-11(8-12)4-9-6-13-9/h9-10H,2-8H2,1H3/q+1. The fraction of sp³-hybridized carbons (Fsp3) is 1.00. The van der Waals surface area contributed by atoms with Gasteiger partial charge in [-0.25, -0.2) is 4.90 Å². The molecule has 0 radical (unpaired) electrons. The summed E-state index contributed by atoms with van der Waals surface area (Å²) in [5.41, 5.74) is 0. The zero-order chi connectivity index (χ0) is 9.60. The van der Waals surface area contributed by atoms with Crippen LogP contribution in [0.1, 0.15) is 0 Å². The smallest absolute Gasteiger partial charge is 0.135 e. The van der Waals surface area contributed by atoms with Gasteiger partial charge in [0, 0.05) is 6.54 Å². The van der Waals surface area contributed by atoms with Gasteiger partial charge in [0.1, 0.15) is 19.3 Å². The lowest BCUT2D eigenvalue weighted by Gasteiger charge is -2.28. The third-order valence-electron chi connectivity index (χ3n) is 3.41. The number of quaternary nitrogens is 1. The summed E-state index contributed by atoms with van der Waals surface area (Å²) in [5.74, 6) is 0. The summed E-state index contributed by atoms with van der Waals surface area (Å²) >= 11 is 0. The number of hydrogen-bond donors (Lipinski definition) is 0. The van der Waals surface area contributed by atoms with Crippen molar-refractivity contribution >= 4 is 0 Å². The zero-order valence-corrected chi connectivity index (χ0v) is 8.82. The summed E-state index contributed by atoms with van der Waals surface area (Å²) in [6.45, 7) is 7.97. The van der Waals surface area contributed by atoms with Gasteiger partial charge in [0.25, 0.3) is 0 Å². The topological polar surface area (TPSA) is 28.3 Å². The van der Waals surface area contributed by atoms with Crippen molar-refractivity contribution in [1.29, 1.82) is 0 Å². The van der Waals surface area contributed by atoms with Gasteiger partial charge in [-0.15, -0.1) is 0 Å². The second-order valence-corrected chi connectivity index (χ2v) is 5.15. The van der Waals surface area contributed by atoms with Crippen LogP contribution in [0.25, 0.3) is 0 Å². The highest BCUT2D eigenvalue weighted by Gasteiger charge is 2.40. The number of likely N-dealkylation sites (N-methyl/N-ethyl adjacent to an activating group) is 1. The minimum absolute atomic E-state index is 0.540. The molecular weight excluding hydrogens is 180 g/mol. The predicted octanol–water partition coefficient (Wildman–Crippen LogP) is -0.496. The Labute approximate surface area is 85.0 Å². The van der Waals surface area contributed by atoms with Gasteiger partial charge in [0.05, 0.1) is 39.5 Å². The van der Waals surface area contributed by atoms with E-state index in [0.717, 1.165) is 24.2 Å². The summed E-state index contributed by atoms with van der Waals surface area (Å²) in [4.78, 5) is 2.53. The highest BCUT2D eigenvalue weighted by molar-refractivity contribution is 4.76. The molecule has 0 bridgehead atoms. The molecule has 3 aliphatic heterocycles. The van der Waals surface area contributed by atoms with Crippen LogP contribution in [0.15, 0.2) is 0 Å². The van der Waals surface area contributed by atoms with Crippen LogP contribution in [0, 0.1) is 0 Å². The largest absolute Gasteiger partial charge is 0.372 e. The van der Waals surface area contributed by atoms with Gasteiger partial charge in [-0.3, -0.25) is 0 Å². The molecule has 3 unspecified atom stereocenters. The molecule has 3 heterocycles. The molecule has 4 nitrogen and oxygen atoms in total. The van der Waals surface area contributed by atoms with E-state index >= 15 is 0 Å². The average molecular weight is 199 g/mol. The minimum atomic E-state index is 0.540. The van der Waals surface area contributed by atoms with E-state index in [0.29, 0.717) is 12.2 Å². The van der Waals surface area contributed by atoms with Crippen LogP contribution >= 0.6 is 0 Å². The second kappa shape index (κ2) is 3.17. The van der Waals surface area contributed by atoms with Gasteiger partial charge in [0.15, 0.2) is 0 Å². The van der Waals surface area contributed by atoms with Crippen molar-refractivity contribution in [2.24, 2.45) is 0 Å². The number of epoxide rings is 2. The van der Waals surface area contributed by atoms with Crippen LogP contribution in [0.3, 0.4) is 0 Å². The van der Waals surface area contributed by atoms with Gasteiger partial charge < -0.3 is 14.0 Å². The van der Waals surface area contributed by atoms with Gasteiger partial charge in [-0.1, -0.05) is 0 Å². The van der Waals surface area contributed by atoms with Gasteiger partial charge in [0.2, 0.25) is 0 Å². The second-order valence-electron chi connectivity index (χ2n) is 5.15. The molecule has 80 valence electrons. The van der Waals surface area contributed by atoms with E-state index in [4.69, 9.17) is 9.47 Å². The van der Waals surface area contributed by atoms with Crippen molar-refractivity contribution < 1.29 is 14.0 Å². The molecule has 3 atom stereocenters. The van der Waals surface area contributed by atoms with E-state index in [-0.39, 0.29) is 0 Å². The fourth-order valence-electron chi connectivity index (χ4n) is 2.43. The normalized spacial score (nSPS) is 46.9. The molecule has 0 N–H and O–H groups in total. The molecule has 0 aliphatic carbocycles. The Bertz CT molecular complexity index is 228. The first kappa shape index (κ1) is 9.09. The lowest BCUT2D eigenvalue weighted by atomic mass is 10.4. The van der Waals surface area contributed by atoms with Crippen LogP contribution in [-0.2, 0) is 9.47 Å². The van der Waals surface area contributed by atoms with E-state index in [2.05, 4.69) is 11.9 Å². The van der Waals surface area contributed by atoms with E-state index in [1.54, 1.807) is 0 Å². The van der Waals surface area contributed by atoms with Crippen LogP contribution < -0.4 is 0 Å². The quantitative estimate of drug-likeness (QED) is 0.451. The SMILES string of the molecule is C[N+]1(CC2CO2)CCN(CC2CO2)C1. The Morgan fingerprint density at radius 1 is 1.29 bits per heavy atom. The van der Waals surface area contributed by atoms with Crippen LogP contribution in [-0.4, -0.2) is 74.7 Å². The van der Waals surface area contributed by atoms with Crippen molar-refractivity contribution in [3.8, 4) is 0 Å². The van der Waals surface area contributed by atoms with E-state index in [1.807, 2.05) is 0 Å². The highest BCUT2D eigenvalue weighted by Crippen LogP contribution is 2.22. The first-order chi connectivity index (χ1) is 6.73. The summed E-state index contributed by atoms with van der Waals surface area (Å²) < 4.78 is 11.7. The van der Waals surface area contributed by atoms with Gasteiger partial charge in [-0.2, -0.15) is 0 Å². The van der Waals surface area contributed by atoms with Crippen molar-refractivity contribution in [2.75, 3.05) is 53.1 Å². The third-order valence-corrected chi connectivity index (χ3v) is 3.41. The van der Waals surface area contributed by atoms with Crippen molar-refractivity contribution in [3.63, 3.8) is 0 Å². The van der Waals surface area contributed by atoms with E-state index in [9.17, 15) is 0 Å². The molecule has 0 spiro atoms. The molecular formula is C10H19N2O2+. The molecule has 3 saturated heterocycles. The van der Waals surface area contributed by atoms with Crippen LogP contribution in [0.5, 0.6) is 0 Å². The minimum Gasteiger partial charge on any atom is -0.372 e. The Morgan fingerprint density at radius 3 is 2.64 bits per heavy atom. The average Bonchev–Trinajstić information content (AvgIpc) is 2.98. The van der Waals surface area contributed by atoms with Gasteiger partial charge >= 0.3 is 0 Å². The highest BCUT2D eigenvalue weighted by atomic mass is 16.6. The maximum absolute atomic E-state index is 5.31. The molecule has 0 amide bonds. The molecule has 3 aliphatic rings. The maximum Gasteiger partial charge on any atom is 0.135 e. The summed E-state index contributed by atoms with van der Waals surface area (Å²) in [6.07, 6.45) is 1.09. The molecule has 14 heavy (non-hydrogen) atoms. The summed E-state index contributed by atoms with van der Waals surface area (Å²) in [6, 6.07) is 0. The Balaban J connectivity index is 1.50. The van der Waals surface area contributed by atoms with E-state index in [1.165, 1.54) is 26.3 Å². The molecule has 0 aromatic carbocycles. The number of hydrogen-bond acceptors (Lipinski definition) is 3. The Morgan fingerprint density at radius 2 is 2.00 bits per heavy atom. The van der Waals surface area contributed by atoms with Crippen molar-refractivity contribution in [2.45, 2.75) is 12.2 Å². The number of rotatable bonds is 4. The zero-order valence-electron chi connectivity index (χ0n) is 8.82. The number of nitrogens with zero attached hydrogens (tertiary/aromatic N) is 2. The number of ether oxygens (including phenoxy) is 2. The monoisotopic (exact) mass is 199 g/mol. The lowest BCUT2D eigenvalue weighted by molar-refractivity contribution is -0.902. The summed E-state index contributed by atoms with van der Waals surface area (Å²) in [5, 5.41) is 0. The first-order valence-electron chi connectivity index (χ1n) is 5.53. The first-order valence-corrected chi connectivity index (χ1v) is 5.53. The molecule has 0 aromatic heterocycles. The Hall–Kier alpha value is -0.160. The molecule has 0 saturated carbocycles. The molecule has 0 aromatic rings. The van der Waals surface area contributed by atoms with Gasteiger partial charge in [-0.05, 0) is 0 Å². The lowest BCUT2D eigenvalue weighted by Crippen LogP contribution is -2.46. The Kier molecular flexibility index (Phi) is 2.06. The van der Waals surface area contributed by atoms with Crippen LogP contribution in [0.2, 0.25) is 0 Å². The molecule has 3 fully saturated rings. The molecule has 3 rings (SSSR count). The molecule has 4 heteroatoms. The third kappa shape index (κ3) is 2.08. The van der Waals surface area contributed by atoms with E-state index < -0.39 is 0 Å². The van der Waals surface area contributed by atoms with Crippen molar-refractivity contribution in [1.82, 2.24) is 4.90 Å². The van der Waals surface area contributed by atoms with Crippen LogP contribution in [0.4, 0.5) is 0 Å². The predicted molar refractivity (Wildman–Crippen MR) is 51.8 cm³/mol. The fourth-order valence-corrected chi connectivity index (χ4v) is 2.43. The van der Waals surface area contributed by atoms with Crippen molar-refractivity contribution in [3.05, 3.63) is 0 Å². The summed E-state index contributed by atoms with van der Waals surface area (Å²) in [7, 11) is 2.34.